The number of hydrogen-bond acceptors (Lipinski definition) is 2. The molecule has 3 nitrogen and oxygen atoms in total. The van der Waals surface area contributed by atoms with Crippen molar-refractivity contribution >= 4 is 0 Å². The van der Waals surface area contributed by atoms with E-state index in [4.69, 9.17) is 5.11 Å². The van der Waals surface area contributed by atoms with E-state index in [1.807, 2.05) is 24.6 Å². The largest absolute Gasteiger partial charge is 0.396 e. The molecule has 0 aromatic carbocycles. The average Bonchev–Trinajstić information content (AvgIpc) is 2.30. The van der Waals surface area contributed by atoms with Crippen LogP contribution in [0.1, 0.15) is 30.8 Å². The van der Waals surface area contributed by atoms with Gasteiger partial charge in [0, 0.05) is 12.3 Å². The molecule has 0 bridgehead atoms. The van der Waals surface area contributed by atoms with E-state index in [0.717, 1.165) is 17.8 Å². The molecule has 0 amide bonds. The molecule has 0 aliphatic rings. The van der Waals surface area contributed by atoms with Gasteiger partial charge in [0.15, 0.2) is 0 Å². The highest BCUT2D eigenvalue weighted by Gasteiger charge is 2.07. The molecular weight excluding hydrogens is 152 g/mol. The van der Waals surface area contributed by atoms with E-state index in [1.165, 1.54) is 0 Å². The highest BCUT2D eigenvalue weighted by atomic mass is 16.3. The highest BCUT2D eigenvalue weighted by molar-refractivity contribution is 5.07. The van der Waals surface area contributed by atoms with Gasteiger partial charge < -0.3 is 5.11 Å². The fourth-order valence-electron chi connectivity index (χ4n) is 1.40. The lowest BCUT2D eigenvalue weighted by molar-refractivity contribution is 0.256. The van der Waals surface area contributed by atoms with Crippen LogP contribution in [0.5, 0.6) is 0 Å². The van der Waals surface area contributed by atoms with Crippen LogP contribution in [0.2, 0.25) is 0 Å². The number of aryl methyl sites for hydroxylation is 2. The monoisotopic (exact) mass is 168 g/mol. The van der Waals surface area contributed by atoms with Gasteiger partial charge in [0.1, 0.15) is 0 Å². The van der Waals surface area contributed by atoms with Gasteiger partial charge in [-0.2, -0.15) is 5.10 Å². The normalized spacial score (nSPS) is 13.3. The van der Waals surface area contributed by atoms with Crippen molar-refractivity contribution in [2.24, 2.45) is 0 Å². The summed E-state index contributed by atoms with van der Waals surface area (Å²) in [5.41, 5.74) is 2.20. The Balaban J connectivity index is 2.79. The standard InChI is InChI=1S/C9H16N2O/c1-7-6-9(3)11(10-7)8(2)4-5-12/h6,8,12H,4-5H2,1-3H3. The first-order chi connectivity index (χ1) is 5.65. The van der Waals surface area contributed by atoms with E-state index < -0.39 is 0 Å². The Morgan fingerprint density at radius 3 is 2.67 bits per heavy atom. The molecule has 1 aromatic rings. The van der Waals surface area contributed by atoms with E-state index in [1.54, 1.807) is 0 Å². The molecule has 1 unspecified atom stereocenters. The quantitative estimate of drug-likeness (QED) is 0.741. The molecule has 0 fully saturated rings. The van der Waals surface area contributed by atoms with Gasteiger partial charge in [-0.15, -0.1) is 0 Å². The molecule has 1 rings (SSSR count). The van der Waals surface area contributed by atoms with Crippen molar-refractivity contribution in [3.05, 3.63) is 17.5 Å². The van der Waals surface area contributed by atoms with Gasteiger partial charge in [-0.25, -0.2) is 0 Å². The summed E-state index contributed by atoms with van der Waals surface area (Å²) in [5.74, 6) is 0. The second-order valence-corrected chi connectivity index (χ2v) is 3.23. The van der Waals surface area contributed by atoms with Crippen LogP contribution in [0, 0.1) is 13.8 Å². The van der Waals surface area contributed by atoms with Gasteiger partial charge in [-0.05, 0) is 33.3 Å². The molecule has 0 spiro atoms. The molecule has 1 atom stereocenters. The second-order valence-electron chi connectivity index (χ2n) is 3.23. The first kappa shape index (κ1) is 9.26. The molecule has 0 aliphatic heterocycles. The molecule has 0 saturated carbocycles. The Labute approximate surface area is 73.0 Å². The predicted octanol–water partition coefficient (Wildman–Crippen LogP) is 1.44. The Morgan fingerprint density at radius 2 is 2.25 bits per heavy atom. The Kier molecular flexibility index (Phi) is 2.87. The SMILES string of the molecule is Cc1cc(C)n(C(C)CCO)n1. The van der Waals surface area contributed by atoms with E-state index in [9.17, 15) is 0 Å². The van der Waals surface area contributed by atoms with Crippen molar-refractivity contribution < 1.29 is 5.11 Å². The van der Waals surface area contributed by atoms with Crippen LogP contribution in [0.15, 0.2) is 6.07 Å². The summed E-state index contributed by atoms with van der Waals surface area (Å²) in [4.78, 5) is 0. The van der Waals surface area contributed by atoms with Crippen molar-refractivity contribution in [1.29, 1.82) is 0 Å². The maximum atomic E-state index is 8.75. The number of aromatic nitrogens is 2. The topological polar surface area (TPSA) is 38.0 Å². The Morgan fingerprint density at radius 1 is 1.58 bits per heavy atom. The summed E-state index contributed by atoms with van der Waals surface area (Å²) in [6.45, 7) is 6.30. The fourth-order valence-corrected chi connectivity index (χ4v) is 1.40. The van der Waals surface area contributed by atoms with Crippen LogP contribution in [0.4, 0.5) is 0 Å². The van der Waals surface area contributed by atoms with Crippen molar-refractivity contribution in [2.45, 2.75) is 33.2 Å². The molecule has 1 N–H and O–H groups in total. The van der Waals surface area contributed by atoms with Crippen LogP contribution in [0.3, 0.4) is 0 Å². The van der Waals surface area contributed by atoms with Crippen LogP contribution < -0.4 is 0 Å². The average molecular weight is 168 g/mol. The van der Waals surface area contributed by atoms with Crippen LogP contribution in [0.25, 0.3) is 0 Å². The van der Waals surface area contributed by atoms with Gasteiger partial charge in [-0.1, -0.05) is 0 Å². The third-order valence-corrected chi connectivity index (χ3v) is 2.01. The number of rotatable bonds is 3. The number of aliphatic hydroxyl groups is 1. The lowest BCUT2D eigenvalue weighted by Crippen LogP contribution is -2.10. The summed E-state index contributed by atoms with van der Waals surface area (Å²) in [7, 11) is 0. The molecule has 12 heavy (non-hydrogen) atoms. The molecule has 0 aliphatic carbocycles. The fraction of sp³-hybridized carbons (Fsp3) is 0.667. The maximum absolute atomic E-state index is 8.75. The summed E-state index contributed by atoms with van der Waals surface area (Å²) >= 11 is 0. The zero-order valence-corrected chi connectivity index (χ0v) is 7.91. The van der Waals surface area contributed by atoms with Gasteiger partial charge in [0.25, 0.3) is 0 Å². The Hall–Kier alpha value is -0.830. The second kappa shape index (κ2) is 3.72. The molecule has 1 heterocycles. The van der Waals surface area contributed by atoms with E-state index in [2.05, 4.69) is 12.0 Å². The Bertz CT molecular complexity index is 255. The van der Waals surface area contributed by atoms with E-state index in [-0.39, 0.29) is 6.61 Å². The van der Waals surface area contributed by atoms with Gasteiger partial charge in [0.2, 0.25) is 0 Å². The number of nitrogens with zero attached hydrogens (tertiary/aromatic N) is 2. The number of aliphatic hydroxyl groups excluding tert-OH is 1. The van der Waals surface area contributed by atoms with E-state index in [0.29, 0.717) is 6.04 Å². The molecule has 0 radical (unpaired) electrons. The minimum Gasteiger partial charge on any atom is -0.396 e. The van der Waals surface area contributed by atoms with Crippen LogP contribution in [-0.4, -0.2) is 21.5 Å². The van der Waals surface area contributed by atoms with Crippen molar-refractivity contribution in [3.63, 3.8) is 0 Å². The van der Waals surface area contributed by atoms with Gasteiger partial charge in [0.05, 0.1) is 11.7 Å². The highest BCUT2D eigenvalue weighted by Crippen LogP contribution is 2.12. The third-order valence-electron chi connectivity index (χ3n) is 2.01. The molecule has 0 saturated heterocycles. The third kappa shape index (κ3) is 1.85. The molecule has 3 heteroatoms. The first-order valence-corrected chi connectivity index (χ1v) is 4.28. The molecule has 68 valence electrons. The van der Waals surface area contributed by atoms with Gasteiger partial charge in [-0.3, -0.25) is 4.68 Å². The zero-order chi connectivity index (χ0) is 9.14. The zero-order valence-electron chi connectivity index (χ0n) is 7.91. The molecule has 1 aromatic heterocycles. The van der Waals surface area contributed by atoms with Crippen LogP contribution >= 0.6 is 0 Å². The summed E-state index contributed by atoms with van der Waals surface area (Å²) in [6.07, 6.45) is 0.766. The van der Waals surface area contributed by atoms with Crippen LogP contribution in [-0.2, 0) is 0 Å². The lowest BCUT2D eigenvalue weighted by atomic mass is 10.2. The summed E-state index contributed by atoms with van der Waals surface area (Å²) in [5, 5.41) is 13.1. The van der Waals surface area contributed by atoms with Gasteiger partial charge >= 0.3 is 0 Å². The minimum atomic E-state index is 0.222. The predicted molar refractivity (Wildman–Crippen MR) is 48.1 cm³/mol. The first-order valence-electron chi connectivity index (χ1n) is 4.28. The number of hydrogen-bond donors (Lipinski definition) is 1. The minimum absolute atomic E-state index is 0.222. The smallest absolute Gasteiger partial charge is 0.0596 e. The summed E-state index contributed by atoms with van der Waals surface area (Å²) < 4.78 is 1.96. The maximum Gasteiger partial charge on any atom is 0.0596 e. The van der Waals surface area contributed by atoms with Crippen molar-refractivity contribution in [1.82, 2.24) is 9.78 Å². The van der Waals surface area contributed by atoms with Crippen molar-refractivity contribution in [3.8, 4) is 0 Å². The summed E-state index contributed by atoms with van der Waals surface area (Å²) in [6, 6.07) is 2.34. The lowest BCUT2D eigenvalue weighted by Gasteiger charge is -2.12. The van der Waals surface area contributed by atoms with E-state index >= 15 is 0 Å². The van der Waals surface area contributed by atoms with Crippen molar-refractivity contribution in [2.75, 3.05) is 6.61 Å². The molecular formula is C9H16N2O.